The van der Waals surface area contributed by atoms with E-state index in [2.05, 4.69) is 12.6 Å². The van der Waals surface area contributed by atoms with Gasteiger partial charge in [0.05, 0.1) is 0 Å². The first kappa shape index (κ1) is 9.74. The van der Waals surface area contributed by atoms with Gasteiger partial charge in [-0.1, -0.05) is 18.2 Å². The molecule has 0 aliphatic carbocycles. The molecule has 0 fully saturated rings. The second-order valence-corrected chi connectivity index (χ2v) is 4.40. The van der Waals surface area contributed by atoms with E-state index in [1.807, 2.05) is 29.6 Å². The van der Waals surface area contributed by atoms with Crippen LogP contribution in [0.2, 0.25) is 0 Å². The van der Waals surface area contributed by atoms with Gasteiger partial charge >= 0.3 is 0 Å². The van der Waals surface area contributed by atoms with Gasteiger partial charge in [0.2, 0.25) is 0 Å². The largest absolute Gasteiger partial charge is 0.294 e. The molecule has 14 heavy (non-hydrogen) atoms. The zero-order chi connectivity index (χ0) is 9.97. The zero-order valence-corrected chi connectivity index (χ0v) is 9.28. The monoisotopic (exact) mass is 222 g/mol. The van der Waals surface area contributed by atoms with Crippen molar-refractivity contribution in [1.29, 1.82) is 0 Å². The van der Waals surface area contributed by atoms with Gasteiger partial charge in [-0.05, 0) is 11.8 Å². The van der Waals surface area contributed by atoms with Crippen LogP contribution in [-0.2, 0) is 0 Å². The van der Waals surface area contributed by atoms with Gasteiger partial charge in [0.15, 0.2) is 5.78 Å². The van der Waals surface area contributed by atoms with Crippen LogP contribution in [-0.4, -0.2) is 11.5 Å². The molecule has 0 spiro atoms. The highest BCUT2D eigenvalue weighted by molar-refractivity contribution is 7.80. The third kappa shape index (κ3) is 1.70. The summed E-state index contributed by atoms with van der Waals surface area (Å²) < 4.78 is 1.18. The fourth-order valence-electron chi connectivity index (χ4n) is 1.43. The molecule has 2 rings (SSSR count). The summed E-state index contributed by atoms with van der Waals surface area (Å²) in [7, 11) is 0. The molecule has 1 heterocycles. The van der Waals surface area contributed by atoms with Crippen LogP contribution < -0.4 is 0 Å². The Labute approximate surface area is 92.2 Å². The first-order valence-corrected chi connectivity index (χ1v) is 5.94. The molecular weight excluding hydrogens is 212 g/mol. The molecule has 0 bridgehead atoms. The van der Waals surface area contributed by atoms with E-state index >= 15 is 0 Å². The predicted molar refractivity (Wildman–Crippen MR) is 64.6 cm³/mol. The number of hydrogen-bond acceptors (Lipinski definition) is 3. The molecule has 0 saturated heterocycles. The fraction of sp³-hybridized carbons (Fsp3) is 0.182. The number of carbonyl (C=O) groups excluding carboxylic acids is 1. The van der Waals surface area contributed by atoms with Crippen LogP contribution in [0, 0.1) is 0 Å². The molecule has 0 unspecified atom stereocenters. The lowest BCUT2D eigenvalue weighted by atomic mass is 10.1. The van der Waals surface area contributed by atoms with E-state index in [4.69, 9.17) is 0 Å². The summed E-state index contributed by atoms with van der Waals surface area (Å²) in [6, 6.07) is 7.99. The second-order valence-electron chi connectivity index (χ2n) is 3.04. The number of fused-ring (bicyclic) bond motifs is 1. The van der Waals surface area contributed by atoms with Gasteiger partial charge in [0.25, 0.3) is 0 Å². The normalized spacial score (nSPS) is 10.6. The Bertz CT molecular complexity index is 459. The minimum absolute atomic E-state index is 0.192. The van der Waals surface area contributed by atoms with Crippen LogP contribution in [0.3, 0.4) is 0 Å². The number of rotatable bonds is 3. The number of ketones is 1. The van der Waals surface area contributed by atoms with Gasteiger partial charge in [-0.2, -0.15) is 12.6 Å². The molecule has 3 heteroatoms. The van der Waals surface area contributed by atoms with Crippen LogP contribution in [0.15, 0.2) is 29.6 Å². The number of carbonyl (C=O) groups is 1. The van der Waals surface area contributed by atoms with Crippen molar-refractivity contribution in [2.75, 3.05) is 5.75 Å². The minimum atomic E-state index is 0.192. The lowest BCUT2D eigenvalue weighted by Crippen LogP contribution is -1.97. The van der Waals surface area contributed by atoms with Gasteiger partial charge in [0.1, 0.15) is 0 Å². The van der Waals surface area contributed by atoms with Crippen molar-refractivity contribution in [3.8, 4) is 0 Å². The second kappa shape index (κ2) is 4.15. The Hall–Kier alpha value is -0.800. The molecule has 1 aromatic carbocycles. The van der Waals surface area contributed by atoms with Gasteiger partial charge in [-0.25, -0.2) is 0 Å². The van der Waals surface area contributed by atoms with Gasteiger partial charge in [-0.15, -0.1) is 11.3 Å². The third-order valence-electron chi connectivity index (χ3n) is 2.12. The van der Waals surface area contributed by atoms with Crippen molar-refractivity contribution in [3.05, 3.63) is 35.2 Å². The fourth-order valence-corrected chi connectivity index (χ4v) is 2.60. The van der Waals surface area contributed by atoms with E-state index in [1.54, 1.807) is 11.3 Å². The molecule has 0 N–H and O–H groups in total. The summed E-state index contributed by atoms with van der Waals surface area (Å²) in [5.41, 5.74) is 0.847. The Morgan fingerprint density at radius 2 is 2.14 bits per heavy atom. The quantitative estimate of drug-likeness (QED) is 0.622. The lowest BCUT2D eigenvalue weighted by Gasteiger charge is -1.95. The average Bonchev–Trinajstić information content (AvgIpc) is 2.61. The molecule has 1 aromatic heterocycles. The highest BCUT2D eigenvalue weighted by Crippen LogP contribution is 2.26. The third-order valence-corrected chi connectivity index (χ3v) is 3.31. The van der Waals surface area contributed by atoms with Crippen LogP contribution in [0.4, 0.5) is 0 Å². The lowest BCUT2D eigenvalue weighted by molar-refractivity contribution is 0.0991. The maximum Gasteiger partial charge on any atom is 0.165 e. The standard InChI is InChI=1S/C11H10OS2/c12-10(5-6-13)9-7-14-11-4-2-1-3-8(9)11/h1-4,7,13H,5-6H2. The maximum atomic E-state index is 11.7. The Kier molecular flexibility index (Phi) is 2.89. The molecule has 0 amide bonds. The molecule has 0 saturated carbocycles. The first-order valence-electron chi connectivity index (χ1n) is 4.43. The molecule has 72 valence electrons. The van der Waals surface area contributed by atoms with E-state index < -0.39 is 0 Å². The summed E-state index contributed by atoms with van der Waals surface area (Å²) in [6.07, 6.45) is 0.518. The molecule has 0 atom stereocenters. The van der Waals surface area contributed by atoms with Crippen LogP contribution >= 0.6 is 24.0 Å². The van der Waals surface area contributed by atoms with Gasteiger partial charge in [-0.3, -0.25) is 4.79 Å². The van der Waals surface area contributed by atoms with Crippen LogP contribution in [0.5, 0.6) is 0 Å². The summed E-state index contributed by atoms with van der Waals surface area (Å²) in [6.45, 7) is 0. The van der Waals surface area contributed by atoms with Crippen LogP contribution in [0.1, 0.15) is 16.8 Å². The molecule has 0 radical (unpaired) electrons. The number of Topliss-reactive ketones (excluding diaryl/α,β-unsaturated/α-hetero) is 1. The van der Waals surface area contributed by atoms with E-state index in [0.717, 1.165) is 10.9 Å². The molecule has 2 aromatic rings. The van der Waals surface area contributed by atoms with E-state index in [-0.39, 0.29) is 5.78 Å². The minimum Gasteiger partial charge on any atom is -0.294 e. The molecule has 0 aliphatic heterocycles. The van der Waals surface area contributed by atoms with Crippen molar-refractivity contribution in [2.45, 2.75) is 6.42 Å². The van der Waals surface area contributed by atoms with Gasteiger partial charge in [0, 0.05) is 27.5 Å². The van der Waals surface area contributed by atoms with E-state index in [1.165, 1.54) is 4.70 Å². The van der Waals surface area contributed by atoms with Crippen molar-refractivity contribution >= 4 is 39.8 Å². The number of hydrogen-bond donors (Lipinski definition) is 1. The van der Waals surface area contributed by atoms with Crippen molar-refractivity contribution in [2.24, 2.45) is 0 Å². The Morgan fingerprint density at radius 3 is 2.93 bits per heavy atom. The maximum absolute atomic E-state index is 11.7. The molecular formula is C11H10OS2. The summed E-state index contributed by atoms with van der Waals surface area (Å²) in [5.74, 6) is 0.806. The molecule has 1 nitrogen and oxygen atoms in total. The summed E-state index contributed by atoms with van der Waals surface area (Å²) >= 11 is 5.69. The molecule has 0 aliphatic rings. The summed E-state index contributed by atoms with van der Waals surface area (Å²) in [5, 5.41) is 3.01. The smallest absolute Gasteiger partial charge is 0.165 e. The highest BCUT2D eigenvalue weighted by Gasteiger charge is 2.10. The summed E-state index contributed by atoms with van der Waals surface area (Å²) in [4.78, 5) is 11.7. The Balaban J connectivity index is 2.47. The van der Waals surface area contributed by atoms with E-state index in [0.29, 0.717) is 12.2 Å². The number of thiol groups is 1. The Morgan fingerprint density at radius 1 is 1.36 bits per heavy atom. The van der Waals surface area contributed by atoms with E-state index in [9.17, 15) is 4.79 Å². The number of benzene rings is 1. The topological polar surface area (TPSA) is 17.1 Å². The zero-order valence-electron chi connectivity index (χ0n) is 7.56. The SMILES string of the molecule is O=C(CCS)c1csc2ccccc12. The average molecular weight is 222 g/mol. The first-order chi connectivity index (χ1) is 6.83. The van der Waals surface area contributed by atoms with Gasteiger partial charge < -0.3 is 0 Å². The number of thiophene rings is 1. The van der Waals surface area contributed by atoms with Crippen molar-refractivity contribution < 1.29 is 4.79 Å². The van der Waals surface area contributed by atoms with Crippen molar-refractivity contribution in [1.82, 2.24) is 0 Å². The highest BCUT2D eigenvalue weighted by atomic mass is 32.1. The predicted octanol–water partition coefficient (Wildman–Crippen LogP) is 3.40. The van der Waals surface area contributed by atoms with Crippen LogP contribution in [0.25, 0.3) is 10.1 Å². The van der Waals surface area contributed by atoms with Crippen molar-refractivity contribution in [3.63, 3.8) is 0 Å².